The van der Waals surface area contributed by atoms with Gasteiger partial charge >= 0.3 is 0 Å². The van der Waals surface area contributed by atoms with Crippen LogP contribution in [0.15, 0.2) is 60.7 Å². The fourth-order valence-corrected chi connectivity index (χ4v) is 9.74. The van der Waals surface area contributed by atoms with Gasteiger partial charge in [0.25, 0.3) is 0 Å². The van der Waals surface area contributed by atoms with Gasteiger partial charge in [0.1, 0.15) is 0 Å². The van der Waals surface area contributed by atoms with E-state index < -0.39 is 0 Å². The Hall–Kier alpha value is -4.00. The minimum absolute atomic E-state index is 0.895. The highest BCUT2D eigenvalue weighted by Crippen LogP contribution is 2.44. The molecular weight excluding hydrogens is 816 g/mol. The lowest BCUT2D eigenvalue weighted by atomic mass is 9.92. The van der Waals surface area contributed by atoms with Gasteiger partial charge in [0.15, 0.2) is 0 Å². The van der Waals surface area contributed by atoms with Crippen molar-refractivity contribution >= 4 is 76.2 Å². The smallest absolute Gasteiger partial charge is 0.0769 e. The summed E-state index contributed by atoms with van der Waals surface area (Å²) in [4.78, 5) is 19.3. The lowest BCUT2D eigenvalue weighted by Gasteiger charge is -2.11. The topological polar surface area (TPSA) is 57.4 Å². The molecule has 0 amide bonds. The highest BCUT2D eigenvalue weighted by molar-refractivity contribution is 9.09. The molecule has 0 saturated heterocycles. The van der Waals surface area contributed by atoms with E-state index in [-0.39, 0.29) is 0 Å². The van der Waals surface area contributed by atoms with Crippen molar-refractivity contribution in [2.24, 2.45) is 0 Å². The molecule has 6 heteroatoms. The van der Waals surface area contributed by atoms with Crippen molar-refractivity contribution in [2.45, 2.75) is 107 Å². The van der Waals surface area contributed by atoms with Crippen molar-refractivity contribution in [3.8, 4) is 22.3 Å². The van der Waals surface area contributed by atoms with E-state index in [9.17, 15) is 0 Å². The Balaban J connectivity index is 1.70. The summed E-state index contributed by atoms with van der Waals surface area (Å²) in [7, 11) is 0. The van der Waals surface area contributed by atoms with E-state index >= 15 is 0 Å². The molecule has 8 bridgehead atoms. The Labute approximate surface area is 350 Å². The Bertz CT molecular complexity index is 2420. The number of hydrogen-bond donors (Lipinski definition) is 2. The minimum Gasteiger partial charge on any atom is -0.354 e. The van der Waals surface area contributed by atoms with Crippen LogP contribution in [0.1, 0.15) is 123 Å². The van der Waals surface area contributed by atoms with E-state index in [1.165, 1.54) is 83.4 Å². The minimum atomic E-state index is 0.895. The quantitative estimate of drug-likeness (QED) is 0.123. The monoisotopic (exact) mass is 870 g/mol. The molecule has 0 spiro atoms. The molecule has 4 nitrogen and oxygen atoms in total. The summed E-state index contributed by atoms with van der Waals surface area (Å²) < 4.78 is 0. The molecule has 0 aliphatic carbocycles. The lowest BCUT2D eigenvalue weighted by Crippen LogP contribution is -1.95. The summed E-state index contributed by atoms with van der Waals surface area (Å²) >= 11 is 7.32. The van der Waals surface area contributed by atoms with Crippen molar-refractivity contribution in [3.05, 3.63) is 117 Å². The normalized spacial score (nSPS) is 13.0. The maximum absolute atomic E-state index is 5.61. The molecule has 0 unspecified atom stereocenters. The van der Waals surface area contributed by atoms with Crippen LogP contribution in [-0.2, 0) is 25.7 Å². The van der Waals surface area contributed by atoms with Gasteiger partial charge in [-0.1, -0.05) is 108 Å². The highest BCUT2D eigenvalue weighted by atomic mass is 79.9. The predicted octanol–water partition coefficient (Wildman–Crippen LogP) is 14.7. The summed E-state index contributed by atoms with van der Waals surface area (Å²) in [6, 6.07) is 22.9. The molecular formula is C50H56Br2N4. The van der Waals surface area contributed by atoms with Gasteiger partial charge in [0.05, 0.1) is 33.8 Å². The molecule has 0 radical (unpaired) electrons. The fraction of sp³-hybridized carbons (Fsp3) is 0.360. The van der Waals surface area contributed by atoms with Crippen LogP contribution in [-0.4, -0.2) is 30.6 Å². The fourth-order valence-electron chi connectivity index (χ4n) is 9.18. The highest BCUT2D eigenvalue weighted by Gasteiger charge is 2.27. The van der Waals surface area contributed by atoms with Gasteiger partial charge < -0.3 is 9.97 Å². The number of H-pyrrole nitrogens is 2. The van der Waals surface area contributed by atoms with Crippen LogP contribution < -0.4 is 0 Å². The van der Waals surface area contributed by atoms with Crippen LogP contribution >= 0.6 is 31.9 Å². The Morgan fingerprint density at radius 1 is 0.536 bits per heavy atom. The van der Waals surface area contributed by atoms with Crippen LogP contribution in [0, 0.1) is 13.8 Å². The number of alkyl halides is 2. The number of nitrogens with one attached hydrogen (secondary N) is 2. The molecule has 0 fully saturated rings. The first-order chi connectivity index (χ1) is 27.2. The average molecular weight is 873 g/mol. The van der Waals surface area contributed by atoms with Gasteiger partial charge in [-0.25, -0.2) is 9.97 Å². The number of hydrogen-bond acceptors (Lipinski definition) is 2. The SMILES string of the molecule is CCC1=C(C)c2nc1cc1[nH]c(c(C)c1CC)c(-c1cccc(CCCBr)c1)c1[nH]c(cc3nc(c2-c2cccc(CCCBr)c2)C(C)=C3CC)c(CC)c1C. The average Bonchev–Trinajstić information content (AvgIpc) is 3.89. The first-order valence-corrected chi connectivity index (χ1v) is 22.9. The number of halogens is 2. The number of rotatable bonds is 12. The summed E-state index contributed by atoms with van der Waals surface area (Å²) in [5.41, 5.74) is 26.5. The Morgan fingerprint density at radius 3 is 1.36 bits per heavy atom. The number of nitrogens with zero attached hydrogens (tertiary/aromatic N) is 2. The van der Waals surface area contributed by atoms with Crippen LogP contribution in [0.5, 0.6) is 0 Å². The molecule has 5 heterocycles. The summed E-state index contributed by atoms with van der Waals surface area (Å²) in [5, 5.41) is 1.98. The van der Waals surface area contributed by atoms with Gasteiger partial charge in [-0.3, -0.25) is 0 Å². The largest absolute Gasteiger partial charge is 0.354 e. The molecule has 290 valence electrons. The third-order valence-electron chi connectivity index (χ3n) is 12.1. The molecule has 2 aliphatic heterocycles. The standard InChI is InChI=1S/C50H56Br2N4/c1-9-37-29(5)47-45(35-21-13-17-33(25-35)19-15-23-51)48-31(7)39(11-3)43(55-48)28-44-40(12-4)32(8)50(56-44)46(36-22-14-18-34(26-36)20-16-24-52)49-30(6)38(10-2)42(54-49)27-41(37)53-47/h13-14,17-18,21-22,25-28,53,55H,9-12,15-16,19-20,23-24H2,1-8H3. The number of benzene rings is 2. The second kappa shape index (κ2) is 17.2. The van der Waals surface area contributed by atoms with Crippen molar-refractivity contribution in [2.75, 3.05) is 10.7 Å². The molecule has 5 aromatic rings. The summed E-state index contributed by atoms with van der Waals surface area (Å²) in [6.07, 6.45) is 7.88. The third kappa shape index (κ3) is 7.33. The van der Waals surface area contributed by atoms with Crippen LogP contribution in [0.3, 0.4) is 0 Å². The number of aromatic amines is 2. The zero-order valence-corrected chi connectivity index (χ0v) is 37.7. The van der Waals surface area contributed by atoms with Crippen molar-refractivity contribution in [1.29, 1.82) is 0 Å². The zero-order valence-electron chi connectivity index (χ0n) is 34.5. The number of aryl methyl sites for hydroxylation is 6. The molecule has 2 aromatic carbocycles. The van der Waals surface area contributed by atoms with Gasteiger partial charge in [0, 0.05) is 32.8 Å². The molecule has 7 rings (SSSR count). The number of fused-ring (bicyclic) bond motifs is 8. The first kappa shape index (κ1) is 40.2. The second-order valence-corrected chi connectivity index (χ2v) is 17.0. The maximum Gasteiger partial charge on any atom is 0.0769 e. The molecule has 2 aliphatic rings. The molecule has 0 saturated carbocycles. The van der Waals surface area contributed by atoms with E-state index in [2.05, 4.69) is 158 Å². The van der Waals surface area contributed by atoms with Gasteiger partial charge in [-0.05, 0) is 158 Å². The van der Waals surface area contributed by atoms with E-state index in [0.29, 0.717) is 0 Å². The Kier molecular flexibility index (Phi) is 12.4. The maximum atomic E-state index is 5.61. The predicted molar refractivity (Wildman–Crippen MR) is 250 cm³/mol. The van der Waals surface area contributed by atoms with E-state index in [1.54, 1.807) is 0 Å². The van der Waals surface area contributed by atoms with E-state index in [1.807, 2.05) is 0 Å². The summed E-state index contributed by atoms with van der Waals surface area (Å²) in [5.74, 6) is 0. The van der Waals surface area contributed by atoms with Gasteiger partial charge in [-0.15, -0.1) is 0 Å². The van der Waals surface area contributed by atoms with Crippen LogP contribution in [0.25, 0.3) is 66.6 Å². The van der Waals surface area contributed by atoms with Gasteiger partial charge in [-0.2, -0.15) is 0 Å². The van der Waals surface area contributed by atoms with Crippen LogP contribution in [0.4, 0.5) is 0 Å². The van der Waals surface area contributed by atoms with Crippen molar-refractivity contribution in [1.82, 2.24) is 19.9 Å². The first-order valence-electron chi connectivity index (χ1n) is 20.7. The Morgan fingerprint density at radius 2 is 0.964 bits per heavy atom. The third-order valence-corrected chi connectivity index (χ3v) is 13.2. The second-order valence-electron chi connectivity index (χ2n) is 15.4. The summed E-state index contributed by atoms with van der Waals surface area (Å²) in [6.45, 7) is 18.2. The van der Waals surface area contributed by atoms with E-state index in [0.717, 1.165) is 101 Å². The molecule has 56 heavy (non-hydrogen) atoms. The molecule has 3 aromatic heterocycles. The number of aromatic nitrogens is 4. The zero-order chi connectivity index (χ0) is 39.7. The number of allylic oxidation sites excluding steroid dienone is 4. The lowest BCUT2D eigenvalue weighted by molar-refractivity contribution is 0.940. The van der Waals surface area contributed by atoms with Crippen molar-refractivity contribution < 1.29 is 0 Å². The van der Waals surface area contributed by atoms with E-state index in [4.69, 9.17) is 9.97 Å². The van der Waals surface area contributed by atoms with Gasteiger partial charge in [0.2, 0.25) is 0 Å². The molecule has 0 atom stereocenters. The van der Waals surface area contributed by atoms with Crippen molar-refractivity contribution in [3.63, 3.8) is 0 Å². The molecule has 2 N–H and O–H groups in total. The van der Waals surface area contributed by atoms with Crippen LogP contribution in [0.2, 0.25) is 0 Å².